The van der Waals surface area contributed by atoms with E-state index in [0.717, 1.165) is 30.1 Å². The lowest BCUT2D eigenvalue weighted by atomic mass is 9.74. The van der Waals surface area contributed by atoms with Gasteiger partial charge in [0.2, 0.25) is 5.88 Å². The molecule has 0 spiro atoms. The molecule has 1 saturated heterocycles. The molecule has 1 aliphatic rings. The molecule has 3 heterocycles. The highest BCUT2D eigenvalue weighted by Gasteiger charge is 2.35. The van der Waals surface area contributed by atoms with Gasteiger partial charge in [0.15, 0.2) is 5.65 Å². The molecule has 1 fully saturated rings. The summed E-state index contributed by atoms with van der Waals surface area (Å²) in [5.41, 5.74) is 1.72. The van der Waals surface area contributed by atoms with Crippen LogP contribution in [0.5, 0.6) is 5.88 Å². The van der Waals surface area contributed by atoms with Gasteiger partial charge in [0, 0.05) is 11.5 Å². The minimum absolute atomic E-state index is 0.0152. The van der Waals surface area contributed by atoms with Gasteiger partial charge in [0.1, 0.15) is 5.82 Å². The highest BCUT2D eigenvalue weighted by atomic mass is 16.5. The van der Waals surface area contributed by atoms with E-state index in [1.54, 1.807) is 7.11 Å². The Morgan fingerprint density at radius 1 is 1.30 bits per heavy atom. The number of aromatic nitrogens is 3. The van der Waals surface area contributed by atoms with Gasteiger partial charge in [-0.15, -0.1) is 0 Å². The maximum Gasteiger partial charge on any atom is 0.215 e. The zero-order valence-corrected chi connectivity index (χ0v) is 12.4. The maximum atomic E-state index is 5.16. The van der Waals surface area contributed by atoms with Gasteiger partial charge in [0.05, 0.1) is 12.6 Å². The zero-order valence-electron chi connectivity index (χ0n) is 12.4. The number of nitrogens with one attached hydrogen (secondary N) is 2. The summed E-state index contributed by atoms with van der Waals surface area (Å²) in [5.74, 6) is 2.22. The van der Waals surface area contributed by atoms with Crippen molar-refractivity contribution in [1.82, 2.24) is 20.3 Å². The van der Waals surface area contributed by atoms with Crippen molar-refractivity contribution in [2.75, 3.05) is 20.2 Å². The Bertz CT molecular complexity index is 599. The van der Waals surface area contributed by atoms with E-state index < -0.39 is 0 Å². The van der Waals surface area contributed by atoms with Crippen LogP contribution in [-0.2, 0) is 5.41 Å². The molecule has 1 atom stereocenters. The average Bonchev–Trinajstić information content (AvgIpc) is 2.91. The summed E-state index contributed by atoms with van der Waals surface area (Å²) in [7, 11) is 1.62. The number of hydrogen-bond acceptors (Lipinski definition) is 4. The van der Waals surface area contributed by atoms with Crippen LogP contribution in [0.25, 0.3) is 11.2 Å². The number of H-pyrrole nitrogens is 1. The van der Waals surface area contributed by atoms with Crippen molar-refractivity contribution >= 4 is 11.2 Å². The average molecular weight is 274 g/mol. The summed E-state index contributed by atoms with van der Waals surface area (Å²) in [5, 5.41) is 3.49. The molecule has 1 aliphatic heterocycles. The number of hydrogen-bond donors (Lipinski definition) is 2. The molecule has 3 rings (SSSR count). The Balaban J connectivity index is 1.95. The molecule has 2 N–H and O–H groups in total. The summed E-state index contributed by atoms with van der Waals surface area (Å²) in [6.45, 7) is 6.71. The normalized spacial score (nSPS) is 20.2. The zero-order chi connectivity index (χ0) is 14.2. The lowest BCUT2D eigenvalue weighted by Crippen LogP contribution is -2.41. The standard InChI is InChI=1S/C15H22N4O/c1-15(2,10-5-4-8-16-9-10)14-17-11-6-7-12(20-3)18-13(11)19-14/h6-7,10,16H,4-5,8-9H2,1-3H3,(H,17,18,19). The monoisotopic (exact) mass is 274 g/mol. The van der Waals surface area contributed by atoms with Crippen molar-refractivity contribution in [3.63, 3.8) is 0 Å². The molecule has 0 saturated carbocycles. The number of rotatable bonds is 3. The van der Waals surface area contributed by atoms with Gasteiger partial charge in [-0.25, -0.2) is 4.98 Å². The SMILES string of the molecule is COc1ccc2[nH]c(C(C)(C)C3CCCNC3)nc2n1. The molecule has 2 aromatic rings. The van der Waals surface area contributed by atoms with E-state index >= 15 is 0 Å². The predicted octanol–water partition coefficient (Wildman–Crippen LogP) is 2.24. The van der Waals surface area contributed by atoms with Gasteiger partial charge in [-0.1, -0.05) is 13.8 Å². The Kier molecular flexibility index (Phi) is 3.38. The van der Waals surface area contributed by atoms with E-state index in [1.165, 1.54) is 12.8 Å². The number of imidazole rings is 1. The molecule has 20 heavy (non-hydrogen) atoms. The lowest BCUT2D eigenvalue weighted by Gasteiger charge is -2.35. The Morgan fingerprint density at radius 3 is 2.85 bits per heavy atom. The fourth-order valence-electron chi connectivity index (χ4n) is 2.96. The molecule has 108 valence electrons. The summed E-state index contributed by atoms with van der Waals surface area (Å²) in [6.07, 6.45) is 2.48. The number of nitrogens with zero attached hydrogens (tertiary/aromatic N) is 2. The van der Waals surface area contributed by atoms with Crippen LogP contribution in [-0.4, -0.2) is 35.2 Å². The minimum atomic E-state index is 0.0152. The molecule has 0 amide bonds. The van der Waals surface area contributed by atoms with E-state index in [4.69, 9.17) is 9.72 Å². The topological polar surface area (TPSA) is 62.8 Å². The first kappa shape index (κ1) is 13.4. The third kappa shape index (κ3) is 2.26. The summed E-state index contributed by atoms with van der Waals surface area (Å²) >= 11 is 0. The van der Waals surface area contributed by atoms with Gasteiger partial charge >= 0.3 is 0 Å². The van der Waals surface area contributed by atoms with Crippen molar-refractivity contribution in [3.8, 4) is 5.88 Å². The van der Waals surface area contributed by atoms with Crippen molar-refractivity contribution in [2.45, 2.75) is 32.1 Å². The fraction of sp³-hybridized carbons (Fsp3) is 0.600. The Hall–Kier alpha value is -1.62. The maximum absolute atomic E-state index is 5.16. The number of pyridine rings is 1. The summed E-state index contributed by atoms with van der Waals surface area (Å²) in [6, 6.07) is 3.84. The summed E-state index contributed by atoms with van der Waals surface area (Å²) in [4.78, 5) is 12.5. The molecular formula is C15H22N4O. The van der Waals surface area contributed by atoms with Crippen molar-refractivity contribution < 1.29 is 4.74 Å². The molecule has 5 nitrogen and oxygen atoms in total. The van der Waals surface area contributed by atoms with Gasteiger partial charge in [-0.05, 0) is 37.9 Å². The molecule has 1 unspecified atom stereocenters. The van der Waals surface area contributed by atoms with Gasteiger partial charge < -0.3 is 15.0 Å². The first-order valence-corrected chi connectivity index (χ1v) is 7.23. The number of piperidine rings is 1. The van der Waals surface area contributed by atoms with Gasteiger partial charge in [-0.2, -0.15) is 4.98 Å². The van der Waals surface area contributed by atoms with E-state index in [-0.39, 0.29) is 5.41 Å². The molecule has 0 aromatic carbocycles. The third-order valence-corrected chi connectivity index (χ3v) is 4.46. The van der Waals surface area contributed by atoms with E-state index in [1.807, 2.05) is 12.1 Å². The van der Waals surface area contributed by atoms with Crippen LogP contribution < -0.4 is 10.1 Å². The van der Waals surface area contributed by atoms with Gasteiger partial charge in [-0.3, -0.25) is 0 Å². The second-order valence-electron chi connectivity index (χ2n) is 6.08. The van der Waals surface area contributed by atoms with Crippen LogP contribution in [0.4, 0.5) is 0 Å². The van der Waals surface area contributed by atoms with Gasteiger partial charge in [0.25, 0.3) is 0 Å². The summed E-state index contributed by atoms with van der Waals surface area (Å²) < 4.78 is 5.16. The second-order valence-corrected chi connectivity index (χ2v) is 6.08. The minimum Gasteiger partial charge on any atom is -0.481 e. The molecule has 0 aliphatic carbocycles. The lowest BCUT2D eigenvalue weighted by molar-refractivity contribution is 0.243. The van der Waals surface area contributed by atoms with Crippen molar-refractivity contribution in [2.24, 2.45) is 5.92 Å². The second kappa shape index (κ2) is 5.05. The van der Waals surface area contributed by atoms with Crippen molar-refractivity contribution in [3.05, 3.63) is 18.0 Å². The van der Waals surface area contributed by atoms with E-state index in [9.17, 15) is 0 Å². The van der Waals surface area contributed by atoms with E-state index in [2.05, 4.69) is 29.1 Å². The molecule has 0 bridgehead atoms. The quantitative estimate of drug-likeness (QED) is 0.901. The molecule has 0 radical (unpaired) electrons. The smallest absolute Gasteiger partial charge is 0.215 e. The Labute approximate surface area is 119 Å². The third-order valence-electron chi connectivity index (χ3n) is 4.46. The van der Waals surface area contributed by atoms with Crippen LogP contribution in [0.3, 0.4) is 0 Å². The Morgan fingerprint density at radius 2 is 2.15 bits per heavy atom. The largest absolute Gasteiger partial charge is 0.481 e. The van der Waals surface area contributed by atoms with E-state index in [0.29, 0.717) is 11.8 Å². The van der Waals surface area contributed by atoms with Crippen LogP contribution in [0.1, 0.15) is 32.5 Å². The molecule has 2 aromatic heterocycles. The van der Waals surface area contributed by atoms with Crippen LogP contribution in [0.2, 0.25) is 0 Å². The predicted molar refractivity (Wildman–Crippen MR) is 79.1 cm³/mol. The van der Waals surface area contributed by atoms with Crippen LogP contribution >= 0.6 is 0 Å². The first-order chi connectivity index (χ1) is 9.61. The highest BCUT2D eigenvalue weighted by molar-refractivity contribution is 5.71. The van der Waals surface area contributed by atoms with Crippen molar-refractivity contribution in [1.29, 1.82) is 0 Å². The molecule has 5 heteroatoms. The molecular weight excluding hydrogens is 252 g/mol. The number of fused-ring (bicyclic) bond motifs is 1. The van der Waals surface area contributed by atoms with Crippen LogP contribution in [0.15, 0.2) is 12.1 Å². The first-order valence-electron chi connectivity index (χ1n) is 7.23. The number of aromatic amines is 1. The number of ether oxygens (including phenoxy) is 1. The van der Waals surface area contributed by atoms with Crippen LogP contribution in [0, 0.1) is 5.92 Å². The number of methoxy groups -OCH3 is 1. The highest BCUT2D eigenvalue weighted by Crippen LogP contribution is 2.34. The fourth-order valence-corrected chi connectivity index (χ4v) is 2.96.